The third-order valence-corrected chi connectivity index (χ3v) is 1.91. The van der Waals surface area contributed by atoms with Crippen LogP contribution in [0.5, 0.6) is 5.75 Å². The summed E-state index contributed by atoms with van der Waals surface area (Å²) in [6.45, 7) is 3.95. The van der Waals surface area contributed by atoms with Crippen molar-refractivity contribution in [3.63, 3.8) is 0 Å². The lowest BCUT2D eigenvalue weighted by Crippen LogP contribution is -2.06. The summed E-state index contributed by atoms with van der Waals surface area (Å²) >= 11 is 0. The van der Waals surface area contributed by atoms with Crippen LogP contribution in [0, 0.1) is 0 Å². The smallest absolute Gasteiger partial charge is 0.119 e. The molecule has 0 saturated heterocycles. The van der Waals surface area contributed by atoms with Gasteiger partial charge in [-0.1, -0.05) is 12.1 Å². The topological polar surface area (TPSA) is 32.3 Å². The van der Waals surface area contributed by atoms with E-state index in [1.165, 1.54) is 0 Å². The molecule has 0 amide bonds. The van der Waals surface area contributed by atoms with Crippen molar-refractivity contribution in [1.29, 1.82) is 0 Å². The van der Waals surface area contributed by atoms with Gasteiger partial charge in [-0.15, -0.1) is 0 Å². The number of ether oxygens (including phenoxy) is 1. The van der Waals surface area contributed by atoms with E-state index in [1.54, 1.807) is 0 Å². The van der Waals surface area contributed by atoms with Crippen LogP contribution in [-0.2, 0) is 0 Å². The van der Waals surface area contributed by atoms with Crippen LogP contribution in [0.25, 0.3) is 0 Å². The first-order valence-corrected chi connectivity index (χ1v) is 4.78. The standard InChI is InChI=1S/C9H12O2P/c1-7(2)11-8-3-5-9(12-10)6-4-8/h3-7,12H,1-2H3/q-1. The van der Waals surface area contributed by atoms with E-state index in [0.717, 1.165) is 11.1 Å². The molecule has 1 aromatic rings. The van der Waals surface area contributed by atoms with Crippen molar-refractivity contribution in [2.24, 2.45) is 0 Å². The number of hydrogen-bond donors (Lipinski definition) is 0. The van der Waals surface area contributed by atoms with Crippen molar-refractivity contribution < 1.29 is 9.63 Å². The van der Waals surface area contributed by atoms with E-state index in [4.69, 9.17) is 4.74 Å². The summed E-state index contributed by atoms with van der Waals surface area (Å²) in [6.07, 6.45) is 0.186. The number of rotatable bonds is 3. The summed E-state index contributed by atoms with van der Waals surface area (Å²) in [7, 11) is -0.383. The van der Waals surface area contributed by atoms with E-state index in [-0.39, 0.29) is 14.9 Å². The minimum absolute atomic E-state index is 0.186. The minimum atomic E-state index is -0.383. The van der Waals surface area contributed by atoms with Gasteiger partial charge in [-0.25, -0.2) is 0 Å². The number of benzene rings is 1. The molecule has 3 heteroatoms. The maximum atomic E-state index is 10.5. The second-order valence-corrected chi connectivity index (χ2v) is 3.57. The molecule has 1 atom stereocenters. The summed E-state index contributed by atoms with van der Waals surface area (Å²) in [6, 6.07) is 7.28. The normalized spacial score (nSPS) is 11.3. The van der Waals surface area contributed by atoms with Crippen LogP contribution in [0.4, 0.5) is 0 Å². The average Bonchev–Trinajstić information content (AvgIpc) is 2.05. The highest BCUT2D eigenvalue weighted by atomic mass is 31.1. The zero-order valence-electron chi connectivity index (χ0n) is 7.20. The summed E-state index contributed by atoms with van der Waals surface area (Å²) < 4.78 is 5.41. The van der Waals surface area contributed by atoms with E-state index >= 15 is 0 Å². The molecule has 0 bridgehead atoms. The summed E-state index contributed by atoms with van der Waals surface area (Å²) in [4.78, 5) is 10.5. The van der Waals surface area contributed by atoms with Gasteiger partial charge >= 0.3 is 0 Å². The molecular formula is C9H12O2P-. The Morgan fingerprint density at radius 2 is 1.83 bits per heavy atom. The Bertz CT molecular complexity index is 231. The van der Waals surface area contributed by atoms with E-state index < -0.39 is 0 Å². The number of hydrogen-bond acceptors (Lipinski definition) is 2. The predicted octanol–water partition coefficient (Wildman–Crippen LogP) is 1.05. The second kappa shape index (κ2) is 4.44. The van der Waals surface area contributed by atoms with Crippen molar-refractivity contribution in [2.45, 2.75) is 20.0 Å². The van der Waals surface area contributed by atoms with Crippen LogP contribution >= 0.6 is 8.81 Å². The molecule has 2 nitrogen and oxygen atoms in total. The van der Waals surface area contributed by atoms with Gasteiger partial charge in [0.25, 0.3) is 0 Å². The molecule has 0 N–H and O–H groups in total. The molecule has 0 aliphatic heterocycles. The third kappa shape index (κ3) is 2.80. The van der Waals surface area contributed by atoms with Crippen LogP contribution in [0.3, 0.4) is 0 Å². The van der Waals surface area contributed by atoms with Gasteiger partial charge in [0.15, 0.2) is 0 Å². The molecule has 0 aromatic heterocycles. The summed E-state index contributed by atoms with van der Waals surface area (Å²) in [5, 5.41) is 0.825. The first-order chi connectivity index (χ1) is 5.72. The van der Waals surface area contributed by atoms with Gasteiger partial charge in [-0.2, -0.15) is 8.81 Å². The molecule has 1 rings (SSSR count). The van der Waals surface area contributed by atoms with Crippen molar-refractivity contribution in [3.8, 4) is 5.75 Å². The zero-order chi connectivity index (χ0) is 8.97. The Morgan fingerprint density at radius 3 is 2.25 bits per heavy atom. The highest BCUT2D eigenvalue weighted by Crippen LogP contribution is 2.11. The van der Waals surface area contributed by atoms with Gasteiger partial charge in [-0.3, -0.25) is 0 Å². The van der Waals surface area contributed by atoms with Gasteiger partial charge < -0.3 is 9.63 Å². The molecule has 0 radical (unpaired) electrons. The lowest BCUT2D eigenvalue weighted by Gasteiger charge is -2.10. The van der Waals surface area contributed by atoms with Gasteiger partial charge in [0.1, 0.15) is 5.75 Å². The molecule has 0 heterocycles. The lowest BCUT2D eigenvalue weighted by molar-refractivity contribution is -0.147. The van der Waals surface area contributed by atoms with Crippen molar-refractivity contribution in [3.05, 3.63) is 24.3 Å². The second-order valence-electron chi connectivity index (χ2n) is 2.79. The maximum absolute atomic E-state index is 10.5. The summed E-state index contributed by atoms with van der Waals surface area (Å²) in [5.41, 5.74) is 0. The van der Waals surface area contributed by atoms with E-state index in [1.807, 2.05) is 38.1 Å². The largest absolute Gasteiger partial charge is 0.828 e. The molecule has 12 heavy (non-hydrogen) atoms. The Kier molecular flexibility index (Phi) is 3.51. The molecule has 0 fully saturated rings. The van der Waals surface area contributed by atoms with Crippen LogP contribution < -0.4 is 14.9 Å². The van der Waals surface area contributed by atoms with E-state index in [0.29, 0.717) is 0 Å². The maximum Gasteiger partial charge on any atom is 0.119 e. The quantitative estimate of drug-likeness (QED) is 0.656. The molecule has 66 valence electrons. The summed E-state index contributed by atoms with van der Waals surface area (Å²) in [5.74, 6) is 0.826. The molecule has 0 saturated carbocycles. The SMILES string of the molecule is CC(C)Oc1ccc(P[O-])cc1. The predicted molar refractivity (Wildman–Crippen MR) is 50.2 cm³/mol. The highest BCUT2D eigenvalue weighted by Gasteiger charge is 1.95. The first-order valence-electron chi connectivity index (χ1n) is 3.87. The van der Waals surface area contributed by atoms with E-state index in [9.17, 15) is 4.89 Å². The molecule has 1 aromatic carbocycles. The fraction of sp³-hybridized carbons (Fsp3) is 0.333. The van der Waals surface area contributed by atoms with Gasteiger partial charge in [0.05, 0.1) is 6.10 Å². The van der Waals surface area contributed by atoms with Gasteiger partial charge in [-0.05, 0) is 31.3 Å². The molecule has 0 spiro atoms. The van der Waals surface area contributed by atoms with Gasteiger partial charge in [0.2, 0.25) is 0 Å². The fourth-order valence-corrected chi connectivity index (χ4v) is 1.18. The van der Waals surface area contributed by atoms with E-state index in [2.05, 4.69) is 0 Å². The van der Waals surface area contributed by atoms with Crippen molar-refractivity contribution >= 4 is 14.1 Å². The molecule has 0 aliphatic carbocycles. The average molecular weight is 183 g/mol. The lowest BCUT2D eigenvalue weighted by atomic mass is 10.3. The Hall–Kier alpha value is -0.590. The molecular weight excluding hydrogens is 171 g/mol. The Labute approximate surface area is 74.4 Å². The zero-order valence-corrected chi connectivity index (χ0v) is 8.20. The van der Waals surface area contributed by atoms with Crippen molar-refractivity contribution in [1.82, 2.24) is 0 Å². The Balaban J connectivity index is 2.65. The molecule has 1 unspecified atom stereocenters. The minimum Gasteiger partial charge on any atom is -0.828 e. The van der Waals surface area contributed by atoms with Crippen molar-refractivity contribution in [2.75, 3.05) is 0 Å². The highest BCUT2D eigenvalue weighted by molar-refractivity contribution is 7.39. The Morgan fingerprint density at radius 1 is 1.25 bits per heavy atom. The first kappa shape index (κ1) is 9.50. The van der Waals surface area contributed by atoms with Gasteiger partial charge in [0, 0.05) is 0 Å². The monoisotopic (exact) mass is 183 g/mol. The van der Waals surface area contributed by atoms with Crippen LogP contribution in [0.2, 0.25) is 0 Å². The third-order valence-electron chi connectivity index (χ3n) is 1.34. The van der Waals surface area contributed by atoms with Crippen LogP contribution in [0.1, 0.15) is 13.8 Å². The fourth-order valence-electron chi connectivity index (χ4n) is 0.874. The van der Waals surface area contributed by atoms with Crippen LogP contribution in [-0.4, -0.2) is 6.10 Å². The molecule has 0 aliphatic rings. The van der Waals surface area contributed by atoms with Crippen LogP contribution in [0.15, 0.2) is 24.3 Å².